The first-order valence-electron chi connectivity index (χ1n) is 8.63. The molecule has 0 N–H and O–H groups in total. The summed E-state index contributed by atoms with van der Waals surface area (Å²) in [4.78, 5) is 13.9. The second-order valence-corrected chi connectivity index (χ2v) is 6.55. The molecule has 0 aliphatic heterocycles. The lowest BCUT2D eigenvalue weighted by Crippen LogP contribution is -2.43. The number of carbonyl (C=O) groups is 1. The minimum absolute atomic E-state index is 0.199. The Kier molecular flexibility index (Phi) is 5.39. The summed E-state index contributed by atoms with van der Waals surface area (Å²) in [6.45, 7) is 0.302. The van der Waals surface area contributed by atoms with E-state index in [0.717, 1.165) is 18.6 Å². The first kappa shape index (κ1) is 17.5. The van der Waals surface area contributed by atoms with E-state index in [1.807, 2.05) is 19.2 Å². The molecular weight excluding hydrogens is 314 g/mol. The highest BCUT2D eigenvalue weighted by molar-refractivity contribution is 5.71. The molecule has 0 amide bonds. The maximum Gasteiger partial charge on any atom is 0.319 e. The first-order chi connectivity index (χ1) is 12.1. The van der Waals surface area contributed by atoms with Crippen molar-refractivity contribution in [3.05, 3.63) is 65.2 Å². The average Bonchev–Trinajstić information content (AvgIpc) is 2.66. The number of fused-ring (bicyclic) bond motifs is 1. The number of hydrogen-bond donors (Lipinski definition) is 0. The Labute approximate surface area is 149 Å². The Balaban J connectivity index is 1.99. The van der Waals surface area contributed by atoms with Crippen LogP contribution in [0.5, 0.6) is 5.75 Å². The van der Waals surface area contributed by atoms with Crippen molar-refractivity contribution in [3.8, 4) is 5.75 Å². The van der Waals surface area contributed by atoms with Crippen LogP contribution in [0.15, 0.2) is 48.5 Å². The van der Waals surface area contributed by atoms with E-state index in [2.05, 4.69) is 41.3 Å². The number of nitrogens with zero attached hydrogens (tertiary/aromatic N) is 1. The molecule has 3 rings (SSSR count). The Morgan fingerprint density at radius 1 is 1.16 bits per heavy atom. The lowest BCUT2D eigenvalue weighted by molar-refractivity contribution is -0.142. The van der Waals surface area contributed by atoms with Crippen LogP contribution in [-0.4, -0.2) is 44.7 Å². The maximum absolute atomic E-state index is 11.8. The van der Waals surface area contributed by atoms with Gasteiger partial charge < -0.3 is 9.47 Å². The van der Waals surface area contributed by atoms with Crippen LogP contribution in [0.1, 0.15) is 29.0 Å². The molecular formula is C21H25NO3. The smallest absolute Gasteiger partial charge is 0.319 e. The summed E-state index contributed by atoms with van der Waals surface area (Å²) in [6.07, 6.45) is 1.97. The SMILES string of the molecule is COC(=O)CN(C)[C@@H]1CCc2cc(OC)ccc2[C@H]1c1ccccc1. The van der Waals surface area contributed by atoms with Gasteiger partial charge in [0.05, 0.1) is 20.8 Å². The highest BCUT2D eigenvalue weighted by Crippen LogP contribution is 2.40. The minimum atomic E-state index is -0.199. The molecule has 0 bridgehead atoms. The van der Waals surface area contributed by atoms with Crippen LogP contribution >= 0.6 is 0 Å². The number of esters is 1. The van der Waals surface area contributed by atoms with Gasteiger partial charge in [-0.25, -0.2) is 0 Å². The van der Waals surface area contributed by atoms with Crippen LogP contribution in [0, 0.1) is 0 Å². The van der Waals surface area contributed by atoms with E-state index in [0.29, 0.717) is 6.54 Å². The molecule has 0 radical (unpaired) electrons. The van der Waals surface area contributed by atoms with Crippen LogP contribution < -0.4 is 4.74 Å². The summed E-state index contributed by atoms with van der Waals surface area (Å²) >= 11 is 0. The van der Waals surface area contributed by atoms with Crippen LogP contribution in [0.4, 0.5) is 0 Å². The van der Waals surface area contributed by atoms with Gasteiger partial charge in [-0.3, -0.25) is 9.69 Å². The van der Waals surface area contributed by atoms with Gasteiger partial charge in [0.15, 0.2) is 0 Å². The summed E-state index contributed by atoms with van der Waals surface area (Å²) in [5.74, 6) is 0.923. The van der Waals surface area contributed by atoms with Gasteiger partial charge in [0.25, 0.3) is 0 Å². The lowest BCUT2D eigenvalue weighted by atomic mass is 9.75. The highest BCUT2D eigenvalue weighted by atomic mass is 16.5. The van der Waals surface area contributed by atoms with Crippen LogP contribution in [0.3, 0.4) is 0 Å². The van der Waals surface area contributed by atoms with Gasteiger partial charge in [0.2, 0.25) is 0 Å². The van der Waals surface area contributed by atoms with Crippen molar-refractivity contribution >= 4 is 5.97 Å². The zero-order valence-corrected chi connectivity index (χ0v) is 15.1. The third-order valence-electron chi connectivity index (χ3n) is 5.11. The third-order valence-corrected chi connectivity index (χ3v) is 5.11. The van der Waals surface area contributed by atoms with Gasteiger partial charge >= 0.3 is 5.97 Å². The molecule has 0 saturated carbocycles. The minimum Gasteiger partial charge on any atom is -0.497 e. The Bertz CT molecular complexity index is 729. The molecule has 1 aliphatic carbocycles. The van der Waals surface area contributed by atoms with E-state index in [4.69, 9.17) is 9.47 Å². The summed E-state index contributed by atoms with van der Waals surface area (Å²) in [6, 6.07) is 17.1. The van der Waals surface area contributed by atoms with Crippen molar-refractivity contribution in [3.63, 3.8) is 0 Å². The molecule has 132 valence electrons. The van der Waals surface area contributed by atoms with E-state index in [1.54, 1.807) is 7.11 Å². The van der Waals surface area contributed by atoms with Crippen molar-refractivity contribution in [1.82, 2.24) is 4.90 Å². The Morgan fingerprint density at radius 2 is 1.92 bits per heavy atom. The second kappa shape index (κ2) is 7.70. The van der Waals surface area contributed by atoms with E-state index in [-0.39, 0.29) is 17.9 Å². The van der Waals surface area contributed by atoms with E-state index in [1.165, 1.54) is 23.8 Å². The predicted octanol–water partition coefficient (Wildman–Crippen LogP) is 3.25. The fraction of sp³-hybridized carbons (Fsp3) is 0.381. The van der Waals surface area contributed by atoms with Crippen LogP contribution in [0.25, 0.3) is 0 Å². The quantitative estimate of drug-likeness (QED) is 0.784. The Hall–Kier alpha value is -2.33. The van der Waals surface area contributed by atoms with Gasteiger partial charge in [-0.05, 0) is 48.7 Å². The molecule has 1 aliphatic rings. The molecule has 4 heteroatoms. The Morgan fingerprint density at radius 3 is 2.60 bits per heavy atom. The molecule has 2 aromatic rings. The molecule has 0 saturated heterocycles. The van der Waals surface area contributed by atoms with Crippen molar-refractivity contribution < 1.29 is 14.3 Å². The molecule has 2 atom stereocenters. The van der Waals surface area contributed by atoms with Gasteiger partial charge in [0, 0.05) is 12.0 Å². The van der Waals surface area contributed by atoms with Crippen molar-refractivity contribution in [1.29, 1.82) is 0 Å². The number of rotatable bonds is 5. The molecule has 0 aromatic heterocycles. The fourth-order valence-electron chi connectivity index (χ4n) is 3.83. The number of benzene rings is 2. The monoisotopic (exact) mass is 339 g/mol. The third kappa shape index (κ3) is 3.69. The number of aryl methyl sites for hydroxylation is 1. The lowest BCUT2D eigenvalue weighted by Gasteiger charge is -2.39. The fourth-order valence-corrected chi connectivity index (χ4v) is 3.83. The van der Waals surface area contributed by atoms with Crippen molar-refractivity contribution in [2.24, 2.45) is 0 Å². The zero-order chi connectivity index (χ0) is 17.8. The highest BCUT2D eigenvalue weighted by Gasteiger charge is 2.34. The zero-order valence-electron chi connectivity index (χ0n) is 15.1. The van der Waals surface area contributed by atoms with Gasteiger partial charge in [-0.15, -0.1) is 0 Å². The first-order valence-corrected chi connectivity index (χ1v) is 8.63. The summed E-state index contributed by atoms with van der Waals surface area (Å²) in [5.41, 5.74) is 3.92. The van der Waals surface area contributed by atoms with Gasteiger partial charge in [0.1, 0.15) is 5.75 Å². The molecule has 4 nitrogen and oxygen atoms in total. The normalized spacial score (nSPS) is 19.4. The summed E-state index contributed by atoms with van der Waals surface area (Å²) in [7, 11) is 5.14. The standard InChI is InChI=1S/C21H25NO3/c1-22(14-20(23)25-3)19-12-9-16-13-17(24-2)10-11-18(16)21(19)15-7-5-4-6-8-15/h4-8,10-11,13,19,21H,9,12,14H2,1-3H3/t19-,21-/m1/s1. The molecule has 0 fully saturated rings. The maximum atomic E-state index is 11.8. The number of carbonyl (C=O) groups excluding carboxylic acids is 1. The second-order valence-electron chi connectivity index (χ2n) is 6.55. The van der Waals surface area contributed by atoms with Crippen molar-refractivity contribution in [2.45, 2.75) is 24.8 Å². The van der Waals surface area contributed by atoms with Gasteiger partial charge in [-0.2, -0.15) is 0 Å². The molecule has 2 aromatic carbocycles. The van der Waals surface area contributed by atoms with Gasteiger partial charge in [-0.1, -0.05) is 36.4 Å². The van der Waals surface area contributed by atoms with E-state index >= 15 is 0 Å². The number of likely N-dealkylation sites (N-methyl/N-ethyl adjacent to an activating group) is 1. The average molecular weight is 339 g/mol. The predicted molar refractivity (Wildman–Crippen MR) is 98.0 cm³/mol. The number of ether oxygens (including phenoxy) is 2. The van der Waals surface area contributed by atoms with E-state index in [9.17, 15) is 4.79 Å². The summed E-state index contributed by atoms with van der Waals surface area (Å²) < 4.78 is 10.2. The number of methoxy groups -OCH3 is 2. The molecule has 25 heavy (non-hydrogen) atoms. The van der Waals surface area contributed by atoms with Crippen LogP contribution in [-0.2, 0) is 16.0 Å². The molecule has 0 unspecified atom stereocenters. The van der Waals surface area contributed by atoms with E-state index < -0.39 is 0 Å². The summed E-state index contributed by atoms with van der Waals surface area (Å²) in [5, 5.41) is 0. The largest absolute Gasteiger partial charge is 0.497 e. The van der Waals surface area contributed by atoms with Crippen molar-refractivity contribution in [2.75, 3.05) is 27.8 Å². The van der Waals surface area contributed by atoms with Crippen LogP contribution in [0.2, 0.25) is 0 Å². The molecule has 0 heterocycles. The molecule has 0 spiro atoms. The number of hydrogen-bond acceptors (Lipinski definition) is 4. The topological polar surface area (TPSA) is 38.8 Å².